The fourth-order valence-corrected chi connectivity index (χ4v) is 1.07. The predicted molar refractivity (Wildman–Crippen MR) is 43.1 cm³/mol. The highest BCUT2D eigenvalue weighted by Crippen LogP contribution is 2.23. The van der Waals surface area contributed by atoms with Gasteiger partial charge in [-0.05, 0) is 12.1 Å². The smallest absolute Gasteiger partial charge is 0.194 e. The summed E-state index contributed by atoms with van der Waals surface area (Å²) in [6, 6.07) is 1.89. The molecule has 0 fully saturated rings. The standard InChI is InChI=1S/C9H9F3O2/c1-13-9(14-2)5-3-4-6(10)8(12)7(5)11/h3-4,9H,1-2H3. The van der Waals surface area contributed by atoms with Gasteiger partial charge in [0.15, 0.2) is 23.7 Å². The van der Waals surface area contributed by atoms with E-state index in [1.54, 1.807) is 0 Å². The van der Waals surface area contributed by atoms with Crippen molar-refractivity contribution in [1.29, 1.82) is 0 Å². The van der Waals surface area contributed by atoms with Crippen molar-refractivity contribution in [3.63, 3.8) is 0 Å². The Balaban J connectivity index is 3.16. The zero-order chi connectivity index (χ0) is 10.7. The summed E-state index contributed by atoms with van der Waals surface area (Å²) in [4.78, 5) is 0. The van der Waals surface area contributed by atoms with Crippen molar-refractivity contribution < 1.29 is 22.6 Å². The minimum Gasteiger partial charge on any atom is -0.352 e. The fourth-order valence-electron chi connectivity index (χ4n) is 1.07. The Bertz CT molecular complexity index is 324. The number of halogens is 3. The highest BCUT2D eigenvalue weighted by Gasteiger charge is 2.19. The summed E-state index contributed by atoms with van der Waals surface area (Å²) < 4.78 is 47.8. The molecule has 0 saturated carbocycles. The molecule has 0 bridgehead atoms. The molecule has 0 spiro atoms. The summed E-state index contributed by atoms with van der Waals surface area (Å²) in [5, 5.41) is 0. The highest BCUT2D eigenvalue weighted by atomic mass is 19.2. The predicted octanol–water partition coefficient (Wildman–Crippen LogP) is 2.40. The molecule has 1 aromatic carbocycles. The number of methoxy groups -OCH3 is 2. The van der Waals surface area contributed by atoms with Crippen LogP contribution in [-0.4, -0.2) is 14.2 Å². The van der Waals surface area contributed by atoms with Crippen molar-refractivity contribution in [3.05, 3.63) is 35.1 Å². The van der Waals surface area contributed by atoms with Crippen LogP contribution in [0.25, 0.3) is 0 Å². The molecule has 2 nitrogen and oxygen atoms in total. The van der Waals surface area contributed by atoms with Crippen LogP contribution in [0.2, 0.25) is 0 Å². The minimum absolute atomic E-state index is 0.172. The molecule has 5 heteroatoms. The van der Waals surface area contributed by atoms with Gasteiger partial charge in [0.05, 0.1) is 0 Å². The van der Waals surface area contributed by atoms with Crippen LogP contribution in [0.3, 0.4) is 0 Å². The van der Waals surface area contributed by atoms with Gasteiger partial charge < -0.3 is 9.47 Å². The van der Waals surface area contributed by atoms with Crippen LogP contribution in [0.1, 0.15) is 11.9 Å². The van der Waals surface area contributed by atoms with Crippen LogP contribution < -0.4 is 0 Å². The maximum absolute atomic E-state index is 13.1. The van der Waals surface area contributed by atoms with Gasteiger partial charge in [0, 0.05) is 19.8 Å². The molecule has 0 unspecified atom stereocenters. The van der Waals surface area contributed by atoms with Crippen LogP contribution in [-0.2, 0) is 9.47 Å². The van der Waals surface area contributed by atoms with Crippen molar-refractivity contribution in [2.75, 3.05) is 14.2 Å². The van der Waals surface area contributed by atoms with Gasteiger partial charge in [0.2, 0.25) is 0 Å². The molecule has 14 heavy (non-hydrogen) atoms. The van der Waals surface area contributed by atoms with Gasteiger partial charge in [-0.3, -0.25) is 0 Å². The lowest BCUT2D eigenvalue weighted by Crippen LogP contribution is -2.08. The lowest BCUT2D eigenvalue weighted by atomic mass is 10.2. The number of ether oxygens (including phenoxy) is 2. The molecule has 0 N–H and O–H groups in total. The molecule has 0 heterocycles. The monoisotopic (exact) mass is 206 g/mol. The molecule has 78 valence electrons. The molecule has 0 aliphatic heterocycles. The van der Waals surface area contributed by atoms with Gasteiger partial charge in [-0.15, -0.1) is 0 Å². The van der Waals surface area contributed by atoms with Gasteiger partial charge in [0.25, 0.3) is 0 Å². The second-order valence-electron chi connectivity index (χ2n) is 2.57. The third-order valence-corrected chi connectivity index (χ3v) is 1.75. The summed E-state index contributed by atoms with van der Waals surface area (Å²) >= 11 is 0. The van der Waals surface area contributed by atoms with Crippen LogP contribution in [0.5, 0.6) is 0 Å². The van der Waals surface area contributed by atoms with Crippen molar-refractivity contribution >= 4 is 0 Å². The second kappa shape index (κ2) is 4.43. The SMILES string of the molecule is COC(OC)c1ccc(F)c(F)c1F. The van der Waals surface area contributed by atoms with E-state index in [2.05, 4.69) is 0 Å². The summed E-state index contributed by atoms with van der Waals surface area (Å²) in [6.07, 6.45) is -1.04. The molecule has 1 rings (SSSR count). The third-order valence-electron chi connectivity index (χ3n) is 1.75. The Morgan fingerprint density at radius 2 is 1.57 bits per heavy atom. The largest absolute Gasteiger partial charge is 0.352 e. The van der Waals surface area contributed by atoms with E-state index in [0.717, 1.165) is 12.1 Å². The second-order valence-corrected chi connectivity index (χ2v) is 2.57. The highest BCUT2D eigenvalue weighted by molar-refractivity contribution is 5.21. The Morgan fingerprint density at radius 1 is 1.00 bits per heavy atom. The average molecular weight is 206 g/mol. The first-order chi connectivity index (χ1) is 6.61. The normalized spacial score (nSPS) is 11.0. The Hall–Kier alpha value is -1.07. The average Bonchev–Trinajstić information content (AvgIpc) is 2.19. The maximum atomic E-state index is 13.1. The van der Waals surface area contributed by atoms with Crippen molar-refractivity contribution in [2.45, 2.75) is 6.29 Å². The van der Waals surface area contributed by atoms with Gasteiger partial charge in [0.1, 0.15) is 0 Å². The van der Waals surface area contributed by atoms with Gasteiger partial charge in [-0.25, -0.2) is 13.2 Å². The van der Waals surface area contributed by atoms with E-state index < -0.39 is 23.7 Å². The molecule has 0 saturated heterocycles. The fraction of sp³-hybridized carbons (Fsp3) is 0.333. The van der Waals surface area contributed by atoms with E-state index in [1.165, 1.54) is 14.2 Å². The van der Waals surface area contributed by atoms with Crippen LogP contribution >= 0.6 is 0 Å². The van der Waals surface area contributed by atoms with Crippen LogP contribution in [0.15, 0.2) is 12.1 Å². The van der Waals surface area contributed by atoms with Gasteiger partial charge in [-0.1, -0.05) is 0 Å². The third kappa shape index (κ3) is 1.88. The van der Waals surface area contributed by atoms with Crippen molar-refractivity contribution in [3.8, 4) is 0 Å². The number of hydrogen-bond donors (Lipinski definition) is 0. The zero-order valence-corrected chi connectivity index (χ0v) is 7.68. The van der Waals surface area contributed by atoms with Gasteiger partial charge in [-0.2, -0.15) is 0 Å². The van der Waals surface area contributed by atoms with E-state index in [1.807, 2.05) is 0 Å². The van der Waals surface area contributed by atoms with E-state index in [0.29, 0.717) is 0 Å². The first kappa shape index (κ1) is 11.0. The summed E-state index contributed by atoms with van der Waals surface area (Å²) in [5.74, 6) is -4.06. The van der Waals surface area contributed by atoms with Gasteiger partial charge >= 0.3 is 0 Å². The minimum atomic E-state index is -1.53. The number of rotatable bonds is 3. The quantitative estimate of drug-likeness (QED) is 0.558. The summed E-state index contributed by atoms with van der Waals surface area (Å²) in [7, 11) is 2.55. The number of benzene rings is 1. The first-order valence-electron chi connectivity index (χ1n) is 3.80. The summed E-state index contributed by atoms with van der Waals surface area (Å²) in [6.45, 7) is 0. The molecular formula is C9H9F3O2. The Kier molecular flexibility index (Phi) is 3.49. The molecular weight excluding hydrogens is 197 g/mol. The molecule has 0 amide bonds. The number of hydrogen-bond acceptors (Lipinski definition) is 2. The van der Waals surface area contributed by atoms with Crippen molar-refractivity contribution in [1.82, 2.24) is 0 Å². The lowest BCUT2D eigenvalue weighted by molar-refractivity contribution is -0.108. The molecule has 1 aromatic rings. The lowest BCUT2D eigenvalue weighted by Gasteiger charge is -2.14. The van der Waals surface area contributed by atoms with E-state index in [9.17, 15) is 13.2 Å². The molecule has 0 aromatic heterocycles. The van der Waals surface area contributed by atoms with E-state index >= 15 is 0 Å². The zero-order valence-electron chi connectivity index (χ0n) is 7.68. The van der Waals surface area contributed by atoms with Crippen molar-refractivity contribution in [2.24, 2.45) is 0 Å². The topological polar surface area (TPSA) is 18.5 Å². The van der Waals surface area contributed by atoms with E-state index in [4.69, 9.17) is 9.47 Å². The summed E-state index contributed by atoms with van der Waals surface area (Å²) in [5.41, 5.74) is -0.172. The van der Waals surface area contributed by atoms with Crippen LogP contribution in [0.4, 0.5) is 13.2 Å². The Morgan fingerprint density at radius 3 is 2.07 bits per heavy atom. The molecule has 0 aliphatic carbocycles. The molecule has 0 radical (unpaired) electrons. The van der Waals surface area contributed by atoms with E-state index in [-0.39, 0.29) is 5.56 Å². The molecule has 0 aliphatic rings. The molecule has 0 atom stereocenters. The first-order valence-corrected chi connectivity index (χ1v) is 3.80. The Labute approximate surface area is 79.2 Å². The maximum Gasteiger partial charge on any atom is 0.194 e. The van der Waals surface area contributed by atoms with Crippen LogP contribution in [0, 0.1) is 17.5 Å².